The first-order valence-corrected chi connectivity index (χ1v) is 7.99. The molecule has 0 aliphatic carbocycles. The van der Waals surface area contributed by atoms with Crippen molar-refractivity contribution >= 4 is 11.3 Å². The first kappa shape index (κ1) is 13.7. The Morgan fingerprint density at radius 1 is 1.55 bits per heavy atom. The molecule has 2 aromatic rings. The van der Waals surface area contributed by atoms with Crippen LogP contribution in [-0.2, 0) is 6.42 Å². The van der Waals surface area contributed by atoms with Crippen molar-refractivity contribution < 1.29 is 4.52 Å². The van der Waals surface area contributed by atoms with E-state index in [1.54, 1.807) is 11.3 Å². The molecule has 3 rings (SSSR count). The number of thiophene rings is 1. The maximum absolute atomic E-state index is 5.31. The van der Waals surface area contributed by atoms with Crippen LogP contribution in [0.25, 0.3) is 10.7 Å². The molecule has 1 atom stereocenters. The van der Waals surface area contributed by atoms with E-state index in [0.29, 0.717) is 11.9 Å². The number of aromatic nitrogens is 2. The van der Waals surface area contributed by atoms with Gasteiger partial charge >= 0.3 is 0 Å². The van der Waals surface area contributed by atoms with Crippen LogP contribution in [0.4, 0.5) is 0 Å². The lowest BCUT2D eigenvalue weighted by atomic mass is 10.3. The van der Waals surface area contributed by atoms with Gasteiger partial charge in [0, 0.05) is 19.0 Å². The Hall–Kier alpha value is -1.24. The highest BCUT2D eigenvalue weighted by atomic mass is 32.1. The molecule has 0 bridgehead atoms. The Morgan fingerprint density at radius 2 is 2.50 bits per heavy atom. The van der Waals surface area contributed by atoms with Gasteiger partial charge in [-0.3, -0.25) is 0 Å². The second kappa shape index (κ2) is 6.47. The van der Waals surface area contributed by atoms with E-state index in [1.807, 2.05) is 24.6 Å². The van der Waals surface area contributed by atoms with E-state index in [1.165, 1.54) is 13.0 Å². The zero-order valence-corrected chi connectivity index (χ0v) is 12.5. The molecule has 0 amide bonds. The first-order valence-electron chi connectivity index (χ1n) is 7.11. The minimum absolute atomic E-state index is 0.656. The highest BCUT2D eigenvalue weighted by Crippen LogP contribution is 2.21. The lowest BCUT2D eigenvalue weighted by Gasteiger charge is -2.14. The Morgan fingerprint density at radius 3 is 3.25 bits per heavy atom. The Labute approximate surface area is 123 Å². The van der Waals surface area contributed by atoms with E-state index in [9.17, 15) is 0 Å². The Bertz CT molecular complexity index is 525. The summed E-state index contributed by atoms with van der Waals surface area (Å²) < 4.78 is 5.31. The van der Waals surface area contributed by atoms with Crippen LogP contribution in [0.5, 0.6) is 0 Å². The molecule has 0 radical (unpaired) electrons. The zero-order chi connectivity index (χ0) is 13.8. The quantitative estimate of drug-likeness (QED) is 0.883. The van der Waals surface area contributed by atoms with E-state index in [2.05, 4.69) is 20.4 Å². The molecule has 1 saturated heterocycles. The van der Waals surface area contributed by atoms with E-state index in [-0.39, 0.29) is 0 Å². The molecule has 0 aromatic carbocycles. The third-order valence-corrected chi connectivity index (χ3v) is 4.62. The second-order valence-corrected chi connectivity index (χ2v) is 6.12. The molecule has 0 spiro atoms. The van der Waals surface area contributed by atoms with Gasteiger partial charge in [0.05, 0.1) is 4.88 Å². The van der Waals surface area contributed by atoms with E-state index in [0.717, 1.165) is 36.7 Å². The number of hydrogen-bond donors (Lipinski definition) is 1. The fourth-order valence-corrected chi connectivity index (χ4v) is 3.24. The summed E-state index contributed by atoms with van der Waals surface area (Å²) in [5, 5.41) is 9.40. The van der Waals surface area contributed by atoms with Crippen molar-refractivity contribution in [2.45, 2.75) is 25.3 Å². The lowest BCUT2D eigenvalue weighted by Crippen LogP contribution is -2.30. The summed E-state index contributed by atoms with van der Waals surface area (Å²) in [5.41, 5.74) is 0. The van der Waals surface area contributed by atoms with Gasteiger partial charge in [0.1, 0.15) is 0 Å². The molecule has 20 heavy (non-hydrogen) atoms. The molecule has 1 aliphatic heterocycles. The maximum atomic E-state index is 5.31. The summed E-state index contributed by atoms with van der Waals surface area (Å²) >= 11 is 1.64. The summed E-state index contributed by atoms with van der Waals surface area (Å²) in [6.45, 7) is 3.45. The molecule has 6 heteroatoms. The van der Waals surface area contributed by atoms with Crippen LogP contribution in [0.3, 0.4) is 0 Å². The van der Waals surface area contributed by atoms with Gasteiger partial charge in [0.15, 0.2) is 0 Å². The van der Waals surface area contributed by atoms with Crippen molar-refractivity contribution in [2.75, 3.05) is 26.7 Å². The highest BCUT2D eigenvalue weighted by molar-refractivity contribution is 7.13. The van der Waals surface area contributed by atoms with Crippen molar-refractivity contribution in [3.8, 4) is 10.7 Å². The lowest BCUT2D eigenvalue weighted by molar-refractivity contribution is 0.312. The van der Waals surface area contributed by atoms with Crippen molar-refractivity contribution in [1.82, 2.24) is 20.4 Å². The Kier molecular flexibility index (Phi) is 4.44. The number of likely N-dealkylation sites (N-methyl/N-ethyl adjacent to an activating group) is 1. The number of hydrogen-bond acceptors (Lipinski definition) is 6. The average Bonchev–Trinajstić information content (AvgIpc) is 3.20. The van der Waals surface area contributed by atoms with E-state index >= 15 is 0 Å². The van der Waals surface area contributed by atoms with Gasteiger partial charge in [0.25, 0.3) is 0 Å². The van der Waals surface area contributed by atoms with Gasteiger partial charge in [-0.1, -0.05) is 11.2 Å². The van der Waals surface area contributed by atoms with E-state index < -0.39 is 0 Å². The largest absolute Gasteiger partial charge is 0.339 e. The fourth-order valence-electron chi connectivity index (χ4n) is 2.59. The molecular weight excluding hydrogens is 272 g/mol. The number of nitrogens with one attached hydrogen (secondary N) is 1. The standard InChI is InChI=1S/C14H20N4OS/c1-15-11-6-8-18(10-11)7-2-5-13-16-14(17-19-13)12-4-3-9-20-12/h3-4,9,11,15H,2,5-8,10H2,1H3. The molecule has 1 unspecified atom stereocenters. The van der Waals surface area contributed by atoms with Crippen LogP contribution in [0.2, 0.25) is 0 Å². The minimum Gasteiger partial charge on any atom is -0.339 e. The molecule has 1 aliphatic rings. The first-order chi connectivity index (χ1) is 9.85. The highest BCUT2D eigenvalue weighted by Gasteiger charge is 2.20. The van der Waals surface area contributed by atoms with Gasteiger partial charge in [0.2, 0.25) is 11.7 Å². The van der Waals surface area contributed by atoms with Crippen molar-refractivity contribution in [3.63, 3.8) is 0 Å². The minimum atomic E-state index is 0.656. The summed E-state index contributed by atoms with van der Waals surface area (Å²) in [7, 11) is 2.04. The van der Waals surface area contributed by atoms with Crippen LogP contribution in [0, 0.1) is 0 Å². The predicted molar refractivity (Wildman–Crippen MR) is 79.8 cm³/mol. The molecule has 108 valence electrons. The maximum Gasteiger partial charge on any atom is 0.227 e. The topological polar surface area (TPSA) is 54.2 Å². The molecular formula is C14H20N4OS. The van der Waals surface area contributed by atoms with Crippen LogP contribution < -0.4 is 5.32 Å². The number of likely N-dealkylation sites (tertiary alicyclic amines) is 1. The summed E-state index contributed by atoms with van der Waals surface area (Å²) in [5.74, 6) is 1.46. The molecule has 1 N–H and O–H groups in total. The third-order valence-electron chi connectivity index (χ3n) is 3.76. The third kappa shape index (κ3) is 3.26. The van der Waals surface area contributed by atoms with Gasteiger partial charge in [-0.05, 0) is 44.4 Å². The van der Waals surface area contributed by atoms with Gasteiger partial charge in [-0.25, -0.2) is 0 Å². The number of rotatable bonds is 6. The monoisotopic (exact) mass is 292 g/mol. The molecule has 1 fully saturated rings. The number of nitrogens with zero attached hydrogens (tertiary/aromatic N) is 3. The summed E-state index contributed by atoms with van der Waals surface area (Å²) in [6, 6.07) is 4.67. The number of aryl methyl sites for hydroxylation is 1. The molecule has 3 heterocycles. The molecule has 0 saturated carbocycles. The average molecular weight is 292 g/mol. The van der Waals surface area contributed by atoms with Crippen LogP contribution in [-0.4, -0.2) is 47.8 Å². The Balaban J connectivity index is 1.45. The van der Waals surface area contributed by atoms with Crippen LogP contribution in [0.1, 0.15) is 18.7 Å². The van der Waals surface area contributed by atoms with Crippen LogP contribution >= 0.6 is 11.3 Å². The fraction of sp³-hybridized carbons (Fsp3) is 0.571. The van der Waals surface area contributed by atoms with Crippen LogP contribution in [0.15, 0.2) is 22.0 Å². The summed E-state index contributed by atoms with van der Waals surface area (Å²) in [4.78, 5) is 8.01. The summed E-state index contributed by atoms with van der Waals surface area (Å²) in [6.07, 6.45) is 3.18. The van der Waals surface area contributed by atoms with Gasteiger partial charge in [-0.2, -0.15) is 4.98 Å². The normalized spacial score (nSPS) is 19.8. The van der Waals surface area contributed by atoms with Crippen molar-refractivity contribution in [2.24, 2.45) is 0 Å². The molecule has 2 aromatic heterocycles. The zero-order valence-electron chi connectivity index (χ0n) is 11.7. The van der Waals surface area contributed by atoms with Gasteiger partial charge < -0.3 is 14.7 Å². The van der Waals surface area contributed by atoms with Gasteiger partial charge in [-0.15, -0.1) is 11.3 Å². The van der Waals surface area contributed by atoms with E-state index in [4.69, 9.17) is 4.52 Å². The molecule has 5 nitrogen and oxygen atoms in total. The van der Waals surface area contributed by atoms with Crippen molar-refractivity contribution in [1.29, 1.82) is 0 Å². The second-order valence-electron chi connectivity index (χ2n) is 5.17. The smallest absolute Gasteiger partial charge is 0.227 e. The van der Waals surface area contributed by atoms with Crippen molar-refractivity contribution in [3.05, 3.63) is 23.4 Å². The predicted octanol–water partition coefficient (Wildman–Crippen LogP) is 2.02. The SMILES string of the molecule is CNC1CCN(CCCc2nc(-c3cccs3)no2)C1.